The molecule has 5 rings (SSSR count). The maximum Gasteiger partial charge on any atom is 0.174 e. The number of aromatic hydroxyl groups is 1. The number of benzene rings is 1. The number of hydrogen-bond donors (Lipinski definition) is 2. The van der Waals surface area contributed by atoms with Crippen LogP contribution in [0.3, 0.4) is 0 Å². The van der Waals surface area contributed by atoms with E-state index in [1.807, 2.05) is 60.5 Å². The zero-order valence-electron chi connectivity index (χ0n) is 18.7. The largest absolute Gasteiger partial charge is 0.506 e. The zero-order chi connectivity index (χ0) is 23.1. The lowest BCUT2D eigenvalue weighted by atomic mass is 9.96. The van der Waals surface area contributed by atoms with Crippen LogP contribution in [0.5, 0.6) is 5.75 Å². The summed E-state index contributed by atoms with van der Waals surface area (Å²) in [5, 5.41) is 14.7. The molecule has 4 aromatic rings. The summed E-state index contributed by atoms with van der Waals surface area (Å²) in [4.78, 5) is 11.3. The van der Waals surface area contributed by atoms with Gasteiger partial charge in [0.05, 0.1) is 23.5 Å². The van der Waals surface area contributed by atoms with Crippen molar-refractivity contribution in [2.24, 2.45) is 0 Å². The summed E-state index contributed by atoms with van der Waals surface area (Å²) in [5.74, 6) is 1.06. The molecule has 0 spiro atoms. The van der Waals surface area contributed by atoms with Crippen LogP contribution in [0.1, 0.15) is 40.3 Å². The van der Waals surface area contributed by atoms with E-state index >= 15 is 0 Å². The quantitative estimate of drug-likeness (QED) is 0.419. The van der Waals surface area contributed by atoms with E-state index in [0.29, 0.717) is 10.8 Å². The second-order valence-corrected chi connectivity index (χ2v) is 8.73. The van der Waals surface area contributed by atoms with Crippen LogP contribution in [-0.2, 0) is 0 Å². The molecule has 1 aliphatic rings. The molecule has 4 heterocycles. The maximum absolute atomic E-state index is 10.7. The molecular weight excluding hydrogens is 430 g/mol. The maximum atomic E-state index is 10.7. The highest BCUT2D eigenvalue weighted by Crippen LogP contribution is 2.45. The van der Waals surface area contributed by atoms with Gasteiger partial charge in [-0.2, -0.15) is 0 Å². The number of aromatic nitrogens is 3. The van der Waals surface area contributed by atoms with Crippen molar-refractivity contribution in [1.29, 1.82) is 0 Å². The van der Waals surface area contributed by atoms with Crippen molar-refractivity contribution in [3.05, 3.63) is 101 Å². The summed E-state index contributed by atoms with van der Waals surface area (Å²) in [7, 11) is 0. The van der Waals surface area contributed by atoms with Gasteiger partial charge in [0.1, 0.15) is 11.6 Å². The first kappa shape index (κ1) is 21.2. The van der Waals surface area contributed by atoms with E-state index in [1.54, 1.807) is 12.3 Å². The smallest absolute Gasteiger partial charge is 0.174 e. The van der Waals surface area contributed by atoms with E-state index < -0.39 is 0 Å². The summed E-state index contributed by atoms with van der Waals surface area (Å²) < 4.78 is 2.16. The van der Waals surface area contributed by atoms with Crippen LogP contribution in [0.4, 0.5) is 5.69 Å². The van der Waals surface area contributed by atoms with Gasteiger partial charge in [-0.3, -0.25) is 4.98 Å². The van der Waals surface area contributed by atoms with E-state index in [-0.39, 0.29) is 17.8 Å². The lowest BCUT2D eigenvalue weighted by molar-refractivity contribution is 0.472. The third kappa shape index (κ3) is 3.64. The summed E-state index contributed by atoms with van der Waals surface area (Å²) in [6.45, 7) is 6.22. The Morgan fingerprint density at radius 2 is 1.76 bits per heavy atom. The lowest BCUT2D eigenvalue weighted by Gasteiger charge is -2.28. The first-order chi connectivity index (χ1) is 16.0. The number of phenols is 1. The Kier molecular flexibility index (Phi) is 5.34. The van der Waals surface area contributed by atoms with E-state index in [0.717, 1.165) is 34.0 Å². The fourth-order valence-electron chi connectivity index (χ4n) is 4.63. The highest BCUT2D eigenvalue weighted by Gasteiger charge is 2.43. The SMILES string of the molecule is Cc1ccc(-n2c(C)cc([C@@H]3[C@H](c4ccccn4)NC(=S)N3c3ccccc3O)c2C)nc1. The highest BCUT2D eigenvalue weighted by atomic mass is 32.1. The van der Waals surface area contributed by atoms with Gasteiger partial charge in [0.2, 0.25) is 0 Å². The van der Waals surface area contributed by atoms with E-state index in [9.17, 15) is 5.11 Å². The molecule has 1 aromatic carbocycles. The van der Waals surface area contributed by atoms with Crippen LogP contribution in [0.15, 0.2) is 73.1 Å². The number of rotatable bonds is 4. The zero-order valence-corrected chi connectivity index (χ0v) is 19.5. The van der Waals surface area contributed by atoms with Gasteiger partial charge in [0.15, 0.2) is 5.11 Å². The van der Waals surface area contributed by atoms with Gasteiger partial charge in [-0.05, 0) is 80.5 Å². The Labute approximate surface area is 198 Å². The number of thiocarbonyl (C=S) groups is 1. The van der Waals surface area contributed by atoms with Crippen molar-refractivity contribution in [3.63, 3.8) is 0 Å². The van der Waals surface area contributed by atoms with Gasteiger partial charge in [-0.15, -0.1) is 0 Å². The van der Waals surface area contributed by atoms with Crippen LogP contribution < -0.4 is 10.2 Å². The molecule has 0 aliphatic carbocycles. The Bertz CT molecular complexity index is 1320. The monoisotopic (exact) mass is 455 g/mol. The van der Waals surface area contributed by atoms with Gasteiger partial charge < -0.3 is 19.9 Å². The van der Waals surface area contributed by atoms with Crippen molar-refractivity contribution in [2.75, 3.05) is 4.90 Å². The van der Waals surface area contributed by atoms with Crippen molar-refractivity contribution in [3.8, 4) is 11.6 Å². The normalized spacial score (nSPS) is 17.9. The predicted octanol–water partition coefficient (Wildman–Crippen LogP) is 5.08. The molecule has 6 nitrogen and oxygen atoms in total. The molecule has 0 amide bonds. The second-order valence-electron chi connectivity index (χ2n) is 8.34. The number of nitrogens with one attached hydrogen (secondary N) is 1. The van der Waals surface area contributed by atoms with E-state index in [4.69, 9.17) is 12.2 Å². The Morgan fingerprint density at radius 3 is 2.45 bits per heavy atom. The summed E-state index contributed by atoms with van der Waals surface area (Å²) in [6, 6.07) is 19.1. The van der Waals surface area contributed by atoms with Crippen LogP contribution in [0.2, 0.25) is 0 Å². The van der Waals surface area contributed by atoms with Gasteiger partial charge in [0.25, 0.3) is 0 Å². The number of anilines is 1. The molecule has 2 N–H and O–H groups in total. The van der Waals surface area contributed by atoms with Gasteiger partial charge >= 0.3 is 0 Å². The van der Waals surface area contributed by atoms with E-state index in [1.165, 1.54) is 0 Å². The molecule has 33 heavy (non-hydrogen) atoms. The van der Waals surface area contributed by atoms with Crippen LogP contribution in [-0.4, -0.2) is 24.8 Å². The molecule has 0 bridgehead atoms. The summed E-state index contributed by atoms with van der Waals surface area (Å²) in [6.07, 6.45) is 3.67. The number of nitrogens with zero attached hydrogens (tertiary/aromatic N) is 4. The molecule has 2 atom stereocenters. The second kappa shape index (κ2) is 8.33. The average molecular weight is 456 g/mol. The average Bonchev–Trinajstić information content (AvgIpc) is 3.31. The number of para-hydroxylation sites is 2. The first-order valence-electron chi connectivity index (χ1n) is 10.9. The molecule has 166 valence electrons. The Hall–Kier alpha value is -3.71. The molecule has 7 heteroatoms. The fraction of sp³-hybridized carbons (Fsp3) is 0.192. The molecule has 3 aromatic heterocycles. The van der Waals surface area contributed by atoms with E-state index in [2.05, 4.69) is 45.8 Å². The number of pyridine rings is 2. The molecule has 0 saturated carbocycles. The third-order valence-corrected chi connectivity index (χ3v) is 6.47. The van der Waals surface area contributed by atoms with Crippen molar-refractivity contribution in [2.45, 2.75) is 32.9 Å². The Morgan fingerprint density at radius 1 is 0.970 bits per heavy atom. The standard InChI is InChI=1S/C26H25N5OS/c1-16-11-12-23(28-15-16)30-17(2)14-19(18(30)3)25-24(20-8-6-7-13-27-20)29-26(33)31(25)21-9-4-5-10-22(21)32/h4-15,24-25,32H,1-3H3,(H,29,33)/t24-,25+/m0/s1. The third-order valence-electron chi connectivity index (χ3n) is 6.15. The van der Waals surface area contributed by atoms with Crippen LogP contribution >= 0.6 is 12.2 Å². The first-order valence-corrected chi connectivity index (χ1v) is 11.3. The minimum absolute atomic E-state index is 0.182. The van der Waals surface area contributed by atoms with Crippen molar-refractivity contribution >= 4 is 23.0 Å². The molecule has 1 saturated heterocycles. The molecular formula is C26H25N5OS. The lowest BCUT2D eigenvalue weighted by Crippen LogP contribution is -2.29. The van der Waals surface area contributed by atoms with Crippen molar-refractivity contribution in [1.82, 2.24) is 19.9 Å². The summed E-state index contributed by atoms with van der Waals surface area (Å²) in [5.41, 5.74) is 5.92. The Balaban J connectivity index is 1.69. The molecule has 0 unspecified atom stereocenters. The van der Waals surface area contributed by atoms with Gasteiger partial charge in [-0.1, -0.05) is 24.3 Å². The molecule has 1 aliphatic heterocycles. The minimum atomic E-state index is -0.203. The highest BCUT2D eigenvalue weighted by molar-refractivity contribution is 7.80. The minimum Gasteiger partial charge on any atom is -0.506 e. The molecule has 0 radical (unpaired) electrons. The number of aryl methyl sites for hydroxylation is 2. The number of hydrogen-bond acceptors (Lipinski definition) is 4. The van der Waals surface area contributed by atoms with Gasteiger partial charge in [-0.25, -0.2) is 4.98 Å². The van der Waals surface area contributed by atoms with Crippen LogP contribution in [0, 0.1) is 20.8 Å². The van der Waals surface area contributed by atoms with Crippen LogP contribution in [0.25, 0.3) is 5.82 Å². The van der Waals surface area contributed by atoms with Gasteiger partial charge in [0, 0.05) is 23.8 Å². The molecule has 1 fully saturated rings. The summed E-state index contributed by atoms with van der Waals surface area (Å²) >= 11 is 5.78. The van der Waals surface area contributed by atoms with Crippen molar-refractivity contribution < 1.29 is 5.11 Å². The topological polar surface area (TPSA) is 66.2 Å². The number of phenolic OH excluding ortho intramolecular Hbond substituents is 1. The predicted molar refractivity (Wildman–Crippen MR) is 134 cm³/mol. The fourth-order valence-corrected chi connectivity index (χ4v) is 4.97.